The molecule has 48 heavy (non-hydrogen) atoms. The zero-order valence-corrected chi connectivity index (χ0v) is 29.3. The summed E-state index contributed by atoms with van der Waals surface area (Å²) in [6, 6.07) is 10.9. The highest BCUT2D eigenvalue weighted by Crippen LogP contribution is 2.43. The summed E-state index contributed by atoms with van der Waals surface area (Å²) in [5.74, 6) is 0.209. The summed E-state index contributed by atoms with van der Waals surface area (Å²) in [5.41, 5.74) is 5.52. The van der Waals surface area contributed by atoms with Crippen LogP contribution in [0.3, 0.4) is 0 Å². The number of hydrogen-bond acceptors (Lipinski definition) is 9. The second-order valence-electron chi connectivity index (χ2n) is 14.3. The maximum atomic E-state index is 14.6. The smallest absolute Gasteiger partial charge is 0.280 e. The number of carbonyl (C=O) groups excluding carboxylic acids is 1. The summed E-state index contributed by atoms with van der Waals surface area (Å²) in [7, 11) is 1.47. The van der Waals surface area contributed by atoms with Crippen LogP contribution in [0.4, 0.5) is 4.39 Å². The van der Waals surface area contributed by atoms with Crippen LogP contribution >= 0.6 is 11.3 Å². The predicted molar refractivity (Wildman–Crippen MR) is 186 cm³/mol. The van der Waals surface area contributed by atoms with Gasteiger partial charge in [0, 0.05) is 44.1 Å². The van der Waals surface area contributed by atoms with Gasteiger partial charge in [-0.1, -0.05) is 63.3 Å². The number of nitrogens with one attached hydrogen (secondary N) is 1. The maximum Gasteiger partial charge on any atom is 0.280 e. The van der Waals surface area contributed by atoms with Gasteiger partial charge in [0.1, 0.15) is 10.3 Å². The number of aromatic nitrogens is 3. The Bertz CT molecular complexity index is 1730. The van der Waals surface area contributed by atoms with Gasteiger partial charge in [0.25, 0.3) is 5.91 Å². The van der Waals surface area contributed by atoms with E-state index in [1.54, 1.807) is 0 Å². The number of likely N-dealkylation sites (tertiary alicyclic amines) is 1. The standard InChI is InChI=1S/C37H46FN5O4S/c1-22-16-26(37(2,3)4)17-25-18-31-35(42-33(22)25)48-36(41-31)34(45)40-29(12-15-43-13-10-27(44)11-14-43)23-6-8-24(9-7-23)30-19-28(38)32(20-39-30)47-21-46-5/h6-9,18-20,22,26-27,29,44H,10-17,21H2,1-5H3,(H,40,45)/t22-,26?,29+/m0/s1. The highest BCUT2D eigenvalue weighted by molar-refractivity contribution is 7.19. The molecule has 1 aromatic carbocycles. The van der Waals surface area contributed by atoms with Crippen molar-refractivity contribution in [3.05, 3.63) is 70.2 Å². The van der Waals surface area contributed by atoms with Crippen molar-refractivity contribution < 1.29 is 23.8 Å². The van der Waals surface area contributed by atoms with Crippen molar-refractivity contribution in [2.24, 2.45) is 11.3 Å². The Hall–Kier alpha value is -3.51. The average molecular weight is 676 g/mol. The zero-order valence-electron chi connectivity index (χ0n) is 28.5. The number of thiazole rings is 1. The van der Waals surface area contributed by atoms with Crippen molar-refractivity contribution in [1.82, 2.24) is 25.2 Å². The van der Waals surface area contributed by atoms with Crippen LogP contribution in [0.5, 0.6) is 5.75 Å². The Labute approximate surface area is 285 Å². The third-order valence-corrected chi connectivity index (χ3v) is 10.8. The number of methoxy groups -OCH3 is 1. The van der Waals surface area contributed by atoms with Crippen LogP contribution in [0.25, 0.3) is 21.6 Å². The summed E-state index contributed by atoms with van der Waals surface area (Å²) in [6.45, 7) is 11.5. The molecule has 0 saturated carbocycles. The van der Waals surface area contributed by atoms with Gasteiger partial charge in [-0.15, -0.1) is 0 Å². The fraction of sp³-hybridized carbons (Fsp3) is 0.514. The molecule has 0 radical (unpaired) electrons. The molecule has 4 heterocycles. The number of carbonyl (C=O) groups is 1. The third kappa shape index (κ3) is 7.86. The van der Waals surface area contributed by atoms with Gasteiger partial charge in [-0.2, -0.15) is 0 Å². The SMILES string of the molecule is COCOc1cnc(-c2ccc([C@@H](CCN3CCC(O)CC3)NC(=O)c3nc4cc5c(nc4s3)[C@@H](C)CC(C(C)(C)C)C5)cc2)cc1F. The van der Waals surface area contributed by atoms with Crippen LogP contribution in [0.15, 0.2) is 42.6 Å². The van der Waals surface area contributed by atoms with Crippen LogP contribution in [0.1, 0.15) is 92.0 Å². The molecule has 3 atom stereocenters. The second kappa shape index (κ2) is 14.5. The number of piperidine rings is 1. The number of fused-ring (bicyclic) bond motifs is 2. The Morgan fingerprint density at radius 3 is 2.60 bits per heavy atom. The lowest BCUT2D eigenvalue weighted by Gasteiger charge is -2.37. The van der Waals surface area contributed by atoms with E-state index in [9.17, 15) is 14.3 Å². The molecule has 1 aliphatic carbocycles. The molecule has 11 heteroatoms. The molecule has 1 fully saturated rings. The first-order valence-electron chi connectivity index (χ1n) is 16.9. The molecule has 256 valence electrons. The molecule has 9 nitrogen and oxygen atoms in total. The zero-order chi connectivity index (χ0) is 34.0. The maximum absolute atomic E-state index is 14.6. The Morgan fingerprint density at radius 2 is 1.92 bits per heavy atom. The number of aliphatic hydroxyl groups is 1. The van der Waals surface area contributed by atoms with Gasteiger partial charge in [0.2, 0.25) is 0 Å². The summed E-state index contributed by atoms with van der Waals surface area (Å²) in [6.07, 6.45) is 5.38. The van der Waals surface area contributed by atoms with Gasteiger partial charge in [0.15, 0.2) is 23.4 Å². The Kier molecular flexibility index (Phi) is 10.4. The van der Waals surface area contributed by atoms with Crippen molar-refractivity contribution in [2.45, 2.75) is 77.9 Å². The minimum absolute atomic E-state index is 0.0269. The summed E-state index contributed by atoms with van der Waals surface area (Å²) in [5, 5.41) is 13.6. The van der Waals surface area contributed by atoms with Crippen molar-refractivity contribution in [3.63, 3.8) is 0 Å². The number of amides is 1. The lowest BCUT2D eigenvalue weighted by molar-refractivity contribution is 0.0480. The van der Waals surface area contributed by atoms with Gasteiger partial charge in [-0.3, -0.25) is 9.78 Å². The molecule has 0 spiro atoms. The van der Waals surface area contributed by atoms with Crippen molar-refractivity contribution >= 4 is 27.6 Å². The first-order chi connectivity index (χ1) is 23.0. The largest absolute Gasteiger partial charge is 0.463 e. The van der Waals surface area contributed by atoms with E-state index in [0.29, 0.717) is 29.0 Å². The summed E-state index contributed by atoms with van der Waals surface area (Å²) in [4.78, 5) is 31.1. The van der Waals surface area contributed by atoms with Crippen LogP contribution in [-0.4, -0.2) is 70.5 Å². The molecule has 1 amide bonds. The average Bonchev–Trinajstić information content (AvgIpc) is 3.49. The van der Waals surface area contributed by atoms with E-state index in [2.05, 4.69) is 49.0 Å². The van der Waals surface area contributed by atoms with Crippen molar-refractivity contribution in [3.8, 4) is 17.0 Å². The van der Waals surface area contributed by atoms with E-state index in [1.165, 1.54) is 36.3 Å². The molecule has 2 aliphatic rings. The number of nitrogens with zero attached hydrogens (tertiary/aromatic N) is 4. The molecule has 6 rings (SSSR count). The normalized spacial score (nSPS) is 19.6. The molecule has 2 N–H and O–H groups in total. The van der Waals surface area contributed by atoms with Crippen LogP contribution in [-0.2, 0) is 11.2 Å². The fourth-order valence-electron chi connectivity index (χ4n) is 6.84. The van der Waals surface area contributed by atoms with Crippen molar-refractivity contribution in [2.75, 3.05) is 33.5 Å². The summed E-state index contributed by atoms with van der Waals surface area (Å²) >= 11 is 1.34. The molecule has 1 unspecified atom stereocenters. The predicted octanol–water partition coefficient (Wildman–Crippen LogP) is 6.91. The van der Waals surface area contributed by atoms with Gasteiger partial charge in [-0.05, 0) is 66.5 Å². The van der Waals surface area contributed by atoms with E-state index in [4.69, 9.17) is 19.4 Å². The fourth-order valence-corrected chi connectivity index (χ4v) is 7.67. The molecule has 1 saturated heterocycles. The number of benzene rings is 1. The first kappa shape index (κ1) is 34.4. The van der Waals surface area contributed by atoms with Gasteiger partial charge < -0.3 is 24.8 Å². The van der Waals surface area contributed by atoms with E-state index < -0.39 is 5.82 Å². The minimum atomic E-state index is -0.521. The molecule has 0 bridgehead atoms. The van der Waals surface area contributed by atoms with Crippen LogP contribution in [0.2, 0.25) is 0 Å². The lowest BCUT2D eigenvalue weighted by Crippen LogP contribution is -2.38. The van der Waals surface area contributed by atoms with Crippen LogP contribution in [0, 0.1) is 17.2 Å². The second-order valence-corrected chi connectivity index (χ2v) is 15.3. The van der Waals surface area contributed by atoms with Gasteiger partial charge in [0.05, 0.1) is 24.0 Å². The van der Waals surface area contributed by atoms with Gasteiger partial charge in [-0.25, -0.2) is 14.4 Å². The van der Waals surface area contributed by atoms with Crippen LogP contribution < -0.4 is 10.1 Å². The topological polar surface area (TPSA) is 110 Å². The van der Waals surface area contributed by atoms with E-state index in [1.807, 2.05) is 24.3 Å². The lowest BCUT2D eigenvalue weighted by atomic mass is 9.69. The van der Waals surface area contributed by atoms with Gasteiger partial charge >= 0.3 is 0 Å². The number of hydrogen-bond donors (Lipinski definition) is 2. The Morgan fingerprint density at radius 1 is 1.17 bits per heavy atom. The number of rotatable bonds is 10. The third-order valence-electron chi connectivity index (χ3n) is 9.84. The number of ether oxygens (including phenoxy) is 2. The molecule has 1 aliphatic heterocycles. The molecule has 4 aromatic rings. The Balaban J connectivity index is 1.22. The first-order valence-corrected chi connectivity index (χ1v) is 17.7. The highest BCUT2D eigenvalue weighted by atomic mass is 32.1. The minimum Gasteiger partial charge on any atom is -0.463 e. The quantitative estimate of drug-likeness (QED) is 0.175. The number of halogens is 1. The number of pyridine rings is 2. The summed E-state index contributed by atoms with van der Waals surface area (Å²) < 4.78 is 24.7. The molecular weight excluding hydrogens is 630 g/mol. The molecule has 3 aromatic heterocycles. The monoisotopic (exact) mass is 675 g/mol. The van der Waals surface area contributed by atoms with E-state index in [0.717, 1.165) is 72.5 Å². The van der Waals surface area contributed by atoms with E-state index >= 15 is 0 Å². The molecular formula is C37H46FN5O4S. The van der Waals surface area contributed by atoms with Crippen molar-refractivity contribution in [1.29, 1.82) is 0 Å². The number of aliphatic hydroxyl groups excluding tert-OH is 1. The van der Waals surface area contributed by atoms with E-state index in [-0.39, 0.29) is 36.0 Å². The highest BCUT2D eigenvalue weighted by Gasteiger charge is 2.33.